The molecule has 8 nitrogen and oxygen atoms in total. The SMILES string of the molecule is Cc1ccccc1NC(=O)c1cc(NC(=O)c2ccc([N+](=O)[O-])cc2)ccc1N1CCCCC1. The van der Waals surface area contributed by atoms with Crippen LogP contribution >= 0.6 is 0 Å². The smallest absolute Gasteiger partial charge is 0.269 e. The van der Waals surface area contributed by atoms with Crippen molar-refractivity contribution in [3.05, 3.63) is 93.5 Å². The Balaban J connectivity index is 1.61. The Hall–Kier alpha value is -4.20. The van der Waals surface area contributed by atoms with Crippen LogP contribution in [-0.2, 0) is 0 Å². The third-order valence-corrected chi connectivity index (χ3v) is 5.93. The van der Waals surface area contributed by atoms with Crippen molar-refractivity contribution >= 4 is 34.6 Å². The van der Waals surface area contributed by atoms with E-state index in [2.05, 4.69) is 15.5 Å². The van der Waals surface area contributed by atoms with E-state index in [-0.39, 0.29) is 17.2 Å². The first-order valence-corrected chi connectivity index (χ1v) is 11.2. The fourth-order valence-electron chi connectivity index (χ4n) is 4.05. The number of amides is 2. The molecule has 0 bridgehead atoms. The van der Waals surface area contributed by atoms with Gasteiger partial charge in [0.15, 0.2) is 0 Å². The predicted molar refractivity (Wildman–Crippen MR) is 133 cm³/mol. The number of rotatable bonds is 6. The second-order valence-electron chi connectivity index (χ2n) is 8.31. The maximum atomic E-state index is 13.3. The van der Waals surface area contributed by atoms with E-state index in [1.807, 2.05) is 37.3 Å². The number of nitro groups is 1. The van der Waals surface area contributed by atoms with Gasteiger partial charge in [0.2, 0.25) is 0 Å². The molecule has 1 heterocycles. The summed E-state index contributed by atoms with van der Waals surface area (Å²) in [5, 5.41) is 16.6. The highest BCUT2D eigenvalue weighted by Gasteiger charge is 2.20. The molecule has 2 amide bonds. The fraction of sp³-hybridized carbons (Fsp3) is 0.231. The number of nitro benzene ring substituents is 1. The molecule has 3 aromatic carbocycles. The second-order valence-corrected chi connectivity index (χ2v) is 8.31. The predicted octanol–water partition coefficient (Wildman–Crippen LogP) is 5.40. The van der Waals surface area contributed by atoms with E-state index >= 15 is 0 Å². The van der Waals surface area contributed by atoms with Crippen molar-refractivity contribution in [3.63, 3.8) is 0 Å². The maximum Gasteiger partial charge on any atom is 0.269 e. The van der Waals surface area contributed by atoms with Crippen LogP contribution in [0.4, 0.5) is 22.7 Å². The number of hydrogen-bond donors (Lipinski definition) is 2. The van der Waals surface area contributed by atoms with E-state index in [4.69, 9.17) is 0 Å². The van der Waals surface area contributed by atoms with Crippen LogP contribution in [0.2, 0.25) is 0 Å². The molecule has 1 aliphatic rings. The van der Waals surface area contributed by atoms with E-state index in [1.165, 1.54) is 30.7 Å². The number of hydrogen-bond acceptors (Lipinski definition) is 5. The molecule has 0 unspecified atom stereocenters. The average molecular weight is 459 g/mol. The molecule has 0 spiro atoms. The van der Waals surface area contributed by atoms with Crippen LogP contribution in [0.1, 0.15) is 45.5 Å². The number of benzene rings is 3. The number of nitrogens with one attached hydrogen (secondary N) is 2. The normalized spacial score (nSPS) is 13.3. The summed E-state index contributed by atoms with van der Waals surface area (Å²) in [6, 6.07) is 18.3. The minimum atomic E-state index is -0.514. The lowest BCUT2D eigenvalue weighted by Gasteiger charge is -2.30. The minimum absolute atomic E-state index is 0.0856. The lowest BCUT2D eigenvalue weighted by Crippen LogP contribution is -2.31. The lowest BCUT2D eigenvalue weighted by atomic mass is 10.0. The Morgan fingerprint density at radius 3 is 2.26 bits per heavy atom. The Morgan fingerprint density at radius 1 is 0.882 bits per heavy atom. The van der Waals surface area contributed by atoms with Gasteiger partial charge >= 0.3 is 0 Å². The molecule has 0 aromatic heterocycles. The summed E-state index contributed by atoms with van der Waals surface area (Å²) in [6.45, 7) is 3.68. The first-order chi connectivity index (χ1) is 16.4. The first-order valence-electron chi connectivity index (χ1n) is 11.2. The molecule has 2 N–H and O–H groups in total. The third kappa shape index (κ3) is 5.23. The van der Waals surface area contributed by atoms with Crippen LogP contribution in [0.5, 0.6) is 0 Å². The van der Waals surface area contributed by atoms with E-state index in [0.717, 1.165) is 42.9 Å². The van der Waals surface area contributed by atoms with Crippen molar-refractivity contribution in [1.29, 1.82) is 0 Å². The molecular formula is C26H26N4O4. The van der Waals surface area contributed by atoms with Gasteiger partial charge in [0, 0.05) is 47.8 Å². The topological polar surface area (TPSA) is 105 Å². The molecule has 1 fully saturated rings. The van der Waals surface area contributed by atoms with Gasteiger partial charge < -0.3 is 15.5 Å². The van der Waals surface area contributed by atoms with E-state index in [9.17, 15) is 19.7 Å². The highest BCUT2D eigenvalue weighted by Crippen LogP contribution is 2.29. The number of non-ortho nitro benzene ring substituents is 1. The fourth-order valence-corrected chi connectivity index (χ4v) is 4.05. The molecule has 34 heavy (non-hydrogen) atoms. The summed E-state index contributed by atoms with van der Waals surface area (Å²) in [4.78, 5) is 38.6. The van der Waals surface area contributed by atoms with Gasteiger partial charge in [-0.1, -0.05) is 18.2 Å². The van der Waals surface area contributed by atoms with Crippen molar-refractivity contribution < 1.29 is 14.5 Å². The summed E-state index contributed by atoms with van der Waals surface area (Å²) in [7, 11) is 0. The van der Waals surface area contributed by atoms with Crippen LogP contribution < -0.4 is 15.5 Å². The number of anilines is 3. The summed E-state index contributed by atoms with van der Waals surface area (Å²) >= 11 is 0. The molecule has 174 valence electrons. The van der Waals surface area contributed by atoms with Crippen molar-refractivity contribution in [3.8, 4) is 0 Å². The van der Waals surface area contributed by atoms with Gasteiger partial charge in [-0.3, -0.25) is 19.7 Å². The van der Waals surface area contributed by atoms with Crippen molar-refractivity contribution in [2.75, 3.05) is 28.6 Å². The van der Waals surface area contributed by atoms with Gasteiger partial charge in [-0.25, -0.2) is 0 Å². The molecule has 0 atom stereocenters. The maximum absolute atomic E-state index is 13.3. The number of piperidine rings is 1. The summed E-state index contributed by atoms with van der Waals surface area (Å²) in [5.74, 6) is -0.660. The minimum Gasteiger partial charge on any atom is -0.371 e. The Labute approximate surface area is 197 Å². The number of para-hydroxylation sites is 1. The zero-order chi connectivity index (χ0) is 24.1. The first kappa shape index (κ1) is 23.0. The van der Waals surface area contributed by atoms with Crippen molar-refractivity contribution in [1.82, 2.24) is 0 Å². The monoisotopic (exact) mass is 458 g/mol. The highest BCUT2D eigenvalue weighted by atomic mass is 16.6. The molecule has 0 aliphatic carbocycles. The standard InChI is InChI=1S/C26H26N4O4/c1-18-7-3-4-8-23(18)28-26(32)22-17-20(11-14-24(22)29-15-5-2-6-16-29)27-25(31)19-9-12-21(13-10-19)30(33)34/h3-4,7-14,17H,2,5-6,15-16H2,1H3,(H,27,31)(H,28,32). The molecule has 3 aromatic rings. The van der Waals surface area contributed by atoms with Crippen LogP contribution in [0.15, 0.2) is 66.7 Å². The summed E-state index contributed by atoms with van der Waals surface area (Å²) < 4.78 is 0. The van der Waals surface area contributed by atoms with Crippen LogP contribution in [-0.4, -0.2) is 29.8 Å². The molecule has 8 heteroatoms. The largest absolute Gasteiger partial charge is 0.371 e. The quantitative estimate of drug-likeness (QED) is 0.380. The molecule has 1 aliphatic heterocycles. The Morgan fingerprint density at radius 2 is 1.59 bits per heavy atom. The van der Waals surface area contributed by atoms with Gasteiger partial charge in [-0.15, -0.1) is 0 Å². The molecule has 1 saturated heterocycles. The third-order valence-electron chi connectivity index (χ3n) is 5.93. The average Bonchev–Trinajstić information content (AvgIpc) is 2.86. The Bertz CT molecular complexity index is 1220. The van der Waals surface area contributed by atoms with Gasteiger partial charge in [0.05, 0.1) is 10.5 Å². The second kappa shape index (κ2) is 10.2. The van der Waals surface area contributed by atoms with Crippen LogP contribution in [0.25, 0.3) is 0 Å². The van der Waals surface area contributed by atoms with Crippen LogP contribution in [0, 0.1) is 17.0 Å². The zero-order valence-electron chi connectivity index (χ0n) is 18.9. The number of nitrogens with zero attached hydrogens (tertiary/aromatic N) is 2. The van der Waals surface area contributed by atoms with E-state index in [0.29, 0.717) is 11.3 Å². The summed E-state index contributed by atoms with van der Waals surface area (Å²) in [5.41, 5.74) is 3.68. The lowest BCUT2D eigenvalue weighted by molar-refractivity contribution is -0.384. The van der Waals surface area contributed by atoms with E-state index in [1.54, 1.807) is 12.1 Å². The Kier molecular flexibility index (Phi) is 6.87. The van der Waals surface area contributed by atoms with Gasteiger partial charge in [0.25, 0.3) is 17.5 Å². The number of carbonyl (C=O) groups excluding carboxylic acids is 2. The number of carbonyl (C=O) groups is 2. The van der Waals surface area contributed by atoms with Crippen molar-refractivity contribution in [2.45, 2.75) is 26.2 Å². The van der Waals surface area contributed by atoms with Crippen LogP contribution in [0.3, 0.4) is 0 Å². The molecule has 0 saturated carbocycles. The molecule has 4 rings (SSSR count). The van der Waals surface area contributed by atoms with Gasteiger partial charge in [-0.2, -0.15) is 0 Å². The van der Waals surface area contributed by atoms with E-state index < -0.39 is 10.8 Å². The van der Waals surface area contributed by atoms with Crippen molar-refractivity contribution in [2.24, 2.45) is 0 Å². The number of aryl methyl sites for hydroxylation is 1. The zero-order valence-corrected chi connectivity index (χ0v) is 18.9. The molecular weight excluding hydrogens is 432 g/mol. The molecule has 0 radical (unpaired) electrons. The van der Waals surface area contributed by atoms with Gasteiger partial charge in [0.1, 0.15) is 0 Å². The highest BCUT2D eigenvalue weighted by molar-refractivity contribution is 6.10. The summed E-state index contributed by atoms with van der Waals surface area (Å²) in [6.07, 6.45) is 3.31. The van der Waals surface area contributed by atoms with Gasteiger partial charge in [-0.05, 0) is 68.1 Å².